The van der Waals surface area contributed by atoms with Crippen LogP contribution in [0.5, 0.6) is 0 Å². The number of nitrogens with zero attached hydrogens (tertiary/aromatic N) is 2. The van der Waals surface area contributed by atoms with Crippen molar-refractivity contribution < 1.29 is 14.7 Å². The molecule has 1 aliphatic rings. The molecular weight excluding hydrogens is 380 g/mol. The van der Waals surface area contributed by atoms with E-state index in [1.54, 1.807) is 19.1 Å². The number of nitrogens with one attached hydrogen (secondary N) is 1. The van der Waals surface area contributed by atoms with Gasteiger partial charge in [0.15, 0.2) is 0 Å². The molecule has 1 heterocycles. The first-order valence-corrected chi connectivity index (χ1v) is 10.0. The number of hydrogen-bond acceptors (Lipinski definition) is 5. The minimum Gasteiger partial charge on any atom is -0.392 e. The molecule has 4 N–H and O–H groups in total. The highest BCUT2D eigenvalue weighted by molar-refractivity contribution is 6.04. The van der Waals surface area contributed by atoms with Crippen LogP contribution < -0.4 is 16.0 Å². The minimum absolute atomic E-state index is 0.0592. The fourth-order valence-corrected chi connectivity index (χ4v) is 3.54. The second-order valence-corrected chi connectivity index (χ2v) is 8.47. The van der Waals surface area contributed by atoms with E-state index in [1.165, 1.54) is 11.1 Å². The number of amides is 2. The number of rotatable bonds is 7. The number of carbonyl (C=O) groups excluding carboxylic acids is 2. The molecule has 0 radical (unpaired) electrons. The summed E-state index contributed by atoms with van der Waals surface area (Å²) in [6, 6.07) is 5.82. The summed E-state index contributed by atoms with van der Waals surface area (Å²) >= 11 is 0. The van der Waals surface area contributed by atoms with Crippen LogP contribution in [-0.2, 0) is 15.0 Å². The van der Waals surface area contributed by atoms with Gasteiger partial charge in [-0.1, -0.05) is 45.1 Å². The first-order chi connectivity index (χ1) is 14.1. The second-order valence-electron chi connectivity index (χ2n) is 8.47. The molecule has 0 spiro atoms. The molecule has 0 saturated carbocycles. The Kier molecular flexibility index (Phi) is 7.70. The fraction of sp³-hybridized carbons (Fsp3) is 0.435. The molecule has 3 atom stereocenters. The van der Waals surface area contributed by atoms with Crippen molar-refractivity contribution in [3.8, 4) is 0 Å². The molecule has 7 nitrogen and oxygen atoms in total. The summed E-state index contributed by atoms with van der Waals surface area (Å²) in [5, 5.41) is 12.9. The third-order valence-corrected chi connectivity index (χ3v) is 5.10. The zero-order valence-corrected chi connectivity index (χ0v) is 18.1. The van der Waals surface area contributed by atoms with Crippen molar-refractivity contribution in [2.75, 3.05) is 11.4 Å². The minimum atomic E-state index is -1.07. The normalized spacial score (nSPS) is 20.9. The molecule has 1 saturated heterocycles. The summed E-state index contributed by atoms with van der Waals surface area (Å²) in [5.41, 5.74) is 7.79. The summed E-state index contributed by atoms with van der Waals surface area (Å²) in [5.74, 6) is -1.02. The van der Waals surface area contributed by atoms with Gasteiger partial charge in [-0.2, -0.15) is 0 Å². The number of benzene rings is 1. The zero-order valence-electron chi connectivity index (χ0n) is 18.1. The third-order valence-electron chi connectivity index (χ3n) is 5.10. The van der Waals surface area contributed by atoms with Gasteiger partial charge in [-0.05, 0) is 43.2 Å². The lowest BCUT2D eigenvalue weighted by atomic mass is 9.87. The molecule has 162 valence electrons. The van der Waals surface area contributed by atoms with E-state index >= 15 is 0 Å². The van der Waals surface area contributed by atoms with Crippen LogP contribution in [0, 0.1) is 0 Å². The SMILES string of the molecule is C=N/C=C(\C=C/C)C(C(N)=O)N(C(=O)C1CC(O)CN1)c1ccc(C(C)(C)C)cc1. The number of β-amino-alcohol motifs (C(OH)–C–C–N with tert-alkyl or cyclic N) is 1. The lowest BCUT2D eigenvalue weighted by Gasteiger charge is -2.33. The lowest BCUT2D eigenvalue weighted by molar-refractivity contribution is -0.124. The molecule has 0 aliphatic carbocycles. The number of aliphatic hydroxyl groups is 1. The van der Waals surface area contributed by atoms with Crippen LogP contribution in [0.2, 0.25) is 0 Å². The van der Waals surface area contributed by atoms with Gasteiger partial charge in [-0.15, -0.1) is 0 Å². The predicted molar refractivity (Wildman–Crippen MR) is 120 cm³/mol. The molecule has 0 bridgehead atoms. The van der Waals surface area contributed by atoms with Crippen LogP contribution in [-0.4, -0.2) is 48.4 Å². The van der Waals surface area contributed by atoms with E-state index in [0.29, 0.717) is 17.8 Å². The van der Waals surface area contributed by atoms with Gasteiger partial charge in [-0.3, -0.25) is 19.5 Å². The number of primary amides is 1. The standard InChI is InChI=1S/C23H32N4O3/c1-6-7-15(13-25-5)20(21(24)29)27(22(30)19-12-18(28)14-26-19)17-10-8-16(9-11-17)23(2,3)4/h6-11,13,18-20,26,28H,5,12,14H2,1-4H3,(H2,24,29)/b7-6-,15-13+. The van der Waals surface area contributed by atoms with Crippen LogP contribution in [0.1, 0.15) is 39.7 Å². The molecular formula is C23H32N4O3. The van der Waals surface area contributed by atoms with Crippen LogP contribution >= 0.6 is 0 Å². The number of aliphatic imine (C=N–C) groups is 1. The Balaban J connectivity index is 2.59. The van der Waals surface area contributed by atoms with E-state index in [4.69, 9.17) is 5.73 Å². The first-order valence-electron chi connectivity index (χ1n) is 10.0. The number of carbonyl (C=O) groups is 2. The Morgan fingerprint density at radius 1 is 1.33 bits per heavy atom. The Morgan fingerprint density at radius 2 is 1.97 bits per heavy atom. The highest BCUT2D eigenvalue weighted by Crippen LogP contribution is 2.29. The monoisotopic (exact) mass is 412 g/mol. The largest absolute Gasteiger partial charge is 0.392 e. The highest BCUT2D eigenvalue weighted by Gasteiger charge is 2.38. The van der Waals surface area contributed by atoms with E-state index < -0.39 is 24.1 Å². The third kappa shape index (κ3) is 5.43. The molecule has 1 aromatic carbocycles. The molecule has 1 aliphatic heterocycles. The average molecular weight is 413 g/mol. The maximum Gasteiger partial charge on any atom is 0.245 e. The Hall–Kier alpha value is -2.77. The molecule has 1 aromatic rings. The Bertz CT molecular complexity index is 837. The maximum atomic E-state index is 13.5. The lowest BCUT2D eigenvalue weighted by Crippen LogP contribution is -2.54. The van der Waals surface area contributed by atoms with Crippen LogP contribution in [0.3, 0.4) is 0 Å². The van der Waals surface area contributed by atoms with Gasteiger partial charge in [-0.25, -0.2) is 0 Å². The summed E-state index contributed by atoms with van der Waals surface area (Å²) in [6.45, 7) is 11.9. The van der Waals surface area contributed by atoms with Gasteiger partial charge in [0.2, 0.25) is 11.8 Å². The summed E-state index contributed by atoms with van der Waals surface area (Å²) < 4.78 is 0. The van der Waals surface area contributed by atoms with Crippen molar-refractivity contribution >= 4 is 24.2 Å². The highest BCUT2D eigenvalue weighted by atomic mass is 16.3. The van der Waals surface area contributed by atoms with Crippen LogP contribution in [0.25, 0.3) is 0 Å². The van der Waals surface area contributed by atoms with E-state index in [9.17, 15) is 14.7 Å². The van der Waals surface area contributed by atoms with Gasteiger partial charge in [0.1, 0.15) is 6.04 Å². The molecule has 3 unspecified atom stereocenters. The van der Waals surface area contributed by atoms with Crippen LogP contribution in [0.4, 0.5) is 5.69 Å². The van der Waals surface area contributed by atoms with Gasteiger partial charge in [0.05, 0.1) is 12.1 Å². The molecule has 2 amide bonds. The summed E-state index contributed by atoms with van der Waals surface area (Å²) in [4.78, 5) is 31.2. The topological polar surface area (TPSA) is 108 Å². The molecule has 0 aromatic heterocycles. The molecule has 2 rings (SSSR count). The molecule has 1 fully saturated rings. The Morgan fingerprint density at radius 3 is 2.40 bits per heavy atom. The number of aliphatic hydroxyl groups excluding tert-OH is 1. The van der Waals surface area contributed by atoms with E-state index in [0.717, 1.165) is 5.56 Å². The van der Waals surface area contributed by atoms with Crippen molar-refractivity contribution in [3.05, 3.63) is 53.8 Å². The zero-order chi connectivity index (χ0) is 22.5. The van der Waals surface area contributed by atoms with Crippen molar-refractivity contribution in [1.82, 2.24) is 5.32 Å². The van der Waals surface area contributed by atoms with Crippen molar-refractivity contribution in [2.24, 2.45) is 10.7 Å². The smallest absolute Gasteiger partial charge is 0.245 e. The number of anilines is 1. The van der Waals surface area contributed by atoms with E-state index in [1.807, 2.05) is 24.3 Å². The Labute approximate surface area is 178 Å². The molecule has 30 heavy (non-hydrogen) atoms. The van der Waals surface area contributed by atoms with E-state index in [-0.39, 0.29) is 17.7 Å². The van der Waals surface area contributed by atoms with E-state index in [2.05, 4.69) is 37.8 Å². The van der Waals surface area contributed by atoms with Crippen molar-refractivity contribution in [1.29, 1.82) is 0 Å². The van der Waals surface area contributed by atoms with Crippen LogP contribution in [0.15, 0.2) is 53.2 Å². The summed E-state index contributed by atoms with van der Waals surface area (Å²) in [6.07, 6.45) is 4.51. The maximum absolute atomic E-state index is 13.5. The van der Waals surface area contributed by atoms with Gasteiger partial charge < -0.3 is 16.2 Å². The second kappa shape index (κ2) is 9.82. The number of hydrogen-bond donors (Lipinski definition) is 3. The fourth-order valence-electron chi connectivity index (χ4n) is 3.54. The summed E-state index contributed by atoms with van der Waals surface area (Å²) in [7, 11) is 0. The average Bonchev–Trinajstić information content (AvgIpc) is 3.11. The van der Waals surface area contributed by atoms with Gasteiger partial charge in [0, 0.05) is 24.0 Å². The molecule has 7 heteroatoms. The number of nitrogens with two attached hydrogens (primary N) is 1. The van der Waals surface area contributed by atoms with Crippen molar-refractivity contribution in [2.45, 2.75) is 57.7 Å². The predicted octanol–water partition coefficient (Wildman–Crippen LogP) is 2.05. The quantitative estimate of drug-likeness (QED) is 0.470. The van der Waals surface area contributed by atoms with Crippen molar-refractivity contribution in [3.63, 3.8) is 0 Å². The van der Waals surface area contributed by atoms with Gasteiger partial charge >= 0.3 is 0 Å². The first kappa shape index (κ1) is 23.5. The van der Waals surface area contributed by atoms with Gasteiger partial charge in [0.25, 0.3) is 0 Å². The number of allylic oxidation sites excluding steroid dienone is 1.